The van der Waals surface area contributed by atoms with E-state index in [1.54, 1.807) is 6.08 Å². The van der Waals surface area contributed by atoms with E-state index in [0.717, 1.165) is 109 Å². The Morgan fingerprint density at radius 2 is 0.609 bits per heavy atom. The first-order valence-electron chi connectivity index (χ1n) is 27.3. The Labute approximate surface area is 423 Å². The van der Waals surface area contributed by atoms with Gasteiger partial charge in [-0.1, -0.05) is 218 Å². The predicted molar refractivity (Wildman–Crippen MR) is 297 cm³/mol. The lowest BCUT2D eigenvalue weighted by Crippen LogP contribution is -2.30. The summed E-state index contributed by atoms with van der Waals surface area (Å²) in [6, 6.07) is 0. The van der Waals surface area contributed by atoms with Crippen LogP contribution >= 0.6 is 0 Å². The maximum Gasteiger partial charge on any atom is 0.310 e. The number of allylic oxidation sites excluding steroid dienone is 23. The van der Waals surface area contributed by atoms with Crippen LogP contribution in [0.4, 0.5) is 0 Å². The van der Waals surface area contributed by atoms with Gasteiger partial charge in [-0.15, -0.1) is 0 Å². The summed E-state index contributed by atoms with van der Waals surface area (Å²) in [5.41, 5.74) is 0. The average molecular weight is 951 g/mol. The van der Waals surface area contributed by atoms with Gasteiger partial charge in [0.2, 0.25) is 0 Å². The van der Waals surface area contributed by atoms with Crippen LogP contribution in [0.3, 0.4) is 0 Å². The summed E-state index contributed by atoms with van der Waals surface area (Å²) in [6.45, 7) is 6.26. The number of hydrogen-bond acceptors (Lipinski definition) is 6. The van der Waals surface area contributed by atoms with Gasteiger partial charge >= 0.3 is 17.9 Å². The number of rotatable bonds is 47. The Hall–Kier alpha value is -4.71. The zero-order valence-corrected chi connectivity index (χ0v) is 44.0. The van der Waals surface area contributed by atoms with Gasteiger partial charge in [0.05, 0.1) is 6.42 Å². The number of hydrogen-bond donors (Lipinski definition) is 0. The van der Waals surface area contributed by atoms with E-state index >= 15 is 0 Å². The Morgan fingerprint density at radius 3 is 1.00 bits per heavy atom. The SMILES string of the molecule is CC/C=C\C/C=C\C/C=C\C/C=C\C/C=C\C/C=C\CCCCC(=O)OCC(COC(=O)CCCCCCC/C=C\CCCCCCCC)OC(=O)C/C=C\C/C=C\C/C=C\C/C=C\C/C=C\CC. The Balaban J connectivity index is 4.60. The molecule has 6 heteroatoms. The number of esters is 3. The van der Waals surface area contributed by atoms with Crippen molar-refractivity contribution in [3.05, 3.63) is 146 Å². The first kappa shape index (κ1) is 64.3. The first-order chi connectivity index (χ1) is 34.0. The van der Waals surface area contributed by atoms with Gasteiger partial charge in [0, 0.05) is 12.8 Å². The van der Waals surface area contributed by atoms with E-state index in [2.05, 4.69) is 154 Å². The fraction of sp³-hybridized carbons (Fsp3) is 0.571. The normalized spacial score (nSPS) is 13.3. The molecule has 0 aliphatic rings. The molecule has 1 atom stereocenters. The first-order valence-corrected chi connectivity index (χ1v) is 27.3. The summed E-state index contributed by atoms with van der Waals surface area (Å²) in [7, 11) is 0. The standard InChI is InChI=1S/C63H98O6/c1-4-7-10-13-16-19-22-25-28-29-30-31-32-33-36-38-41-44-47-50-53-56-62(65)68-59-60(69-63(66)57-54-51-48-45-42-39-35-27-24-21-18-15-12-9-6-3)58-67-61(64)55-52-49-46-43-40-37-34-26-23-20-17-14-11-8-5-2/h7,9-10,12,16,18-19,21,25-28,30-31,33-36,41-42,44-45,51,54,60H,4-6,8,11,13-15,17,20,22-24,29,32,37-40,43,46-50,52-53,55-59H2,1-3H3/b10-7-,12-9-,19-16-,21-18-,28-25-,31-30-,34-26-,35-27-,36-33-,44-41-,45-42-,54-51-. The van der Waals surface area contributed by atoms with Crippen LogP contribution in [0.5, 0.6) is 0 Å². The van der Waals surface area contributed by atoms with Crippen LogP contribution in [-0.2, 0) is 28.6 Å². The van der Waals surface area contributed by atoms with Crippen LogP contribution in [0.25, 0.3) is 0 Å². The third-order valence-corrected chi connectivity index (χ3v) is 10.8. The molecule has 0 bridgehead atoms. The minimum atomic E-state index is -0.860. The molecular formula is C63H98O6. The van der Waals surface area contributed by atoms with Crippen LogP contribution in [0, 0.1) is 0 Å². The quantitative estimate of drug-likeness (QED) is 0.0262. The Morgan fingerprint density at radius 1 is 0.319 bits per heavy atom. The van der Waals surface area contributed by atoms with Gasteiger partial charge in [-0.25, -0.2) is 0 Å². The molecule has 0 aliphatic heterocycles. The predicted octanol–water partition coefficient (Wildman–Crippen LogP) is 18.4. The molecule has 0 saturated heterocycles. The molecule has 0 aromatic heterocycles. The molecule has 69 heavy (non-hydrogen) atoms. The van der Waals surface area contributed by atoms with Crippen molar-refractivity contribution in [2.45, 2.75) is 219 Å². The lowest BCUT2D eigenvalue weighted by molar-refractivity contribution is -0.166. The summed E-state index contributed by atoms with van der Waals surface area (Å²) in [4.78, 5) is 38.0. The van der Waals surface area contributed by atoms with Crippen molar-refractivity contribution < 1.29 is 28.6 Å². The fourth-order valence-corrected chi connectivity index (χ4v) is 6.81. The van der Waals surface area contributed by atoms with Gasteiger partial charge in [0.25, 0.3) is 0 Å². The van der Waals surface area contributed by atoms with Crippen molar-refractivity contribution in [3.63, 3.8) is 0 Å². The minimum absolute atomic E-state index is 0.0788. The molecule has 386 valence electrons. The largest absolute Gasteiger partial charge is 0.462 e. The lowest BCUT2D eigenvalue weighted by atomic mass is 10.1. The minimum Gasteiger partial charge on any atom is -0.462 e. The number of unbranched alkanes of at least 4 members (excludes halogenated alkanes) is 13. The van der Waals surface area contributed by atoms with E-state index in [9.17, 15) is 14.4 Å². The van der Waals surface area contributed by atoms with E-state index in [1.165, 1.54) is 51.4 Å². The highest BCUT2D eigenvalue weighted by Gasteiger charge is 2.19. The zero-order valence-electron chi connectivity index (χ0n) is 44.0. The molecule has 6 nitrogen and oxygen atoms in total. The molecule has 1 unspecified atom stereocenters. The molecule has 0 aromatic rings. The van der Waals surface area contributed by atoms with Crippen molar-refractivity contribution >= 4 is 17.9 Å². The van der Waals surface area contributed by atoms with Crippen LogP contribution in [0.2, 0.25) is 0 Å². The van der Waals surface area contributed by atoms with E-state index in [-0.39, 0.29) is 38.0 Å². The maximum atomic E-state index is 12.8. The molecule has 0 spiro atoms. The topological polar surface area (TPSA) is 78.9 Å². The van der Waals surface area contributed by atoms with Gasteiger partial charge in [-0.3, -0.25) is 14.4 Å². The Kier molecular flexibility index (Phi) is 52.1. The van der Waals surface area contributed by atoms with Crippen molar-refractivity contribution in [2.75, 3.05) is 13.2 Å². The van der Waals surface area contributed by atoms with Crippen LogP contribution in [0.1, 0.15) is 213 Å². The number of ether oxygens (including phenoxy) is 3. The van der Waals surface area contributed by atoms with Crippen LogP contribution in [-0.4, -0.2) is 37.2 Å². The average Bonchev–Trinajstić information content (AvgIpc) is 3.35. The Bertz CT molecular complexity index is 1560. The van der Waals surface area contributed by atoms with E-state index in [0.29, 0.717) is 19.3 Å². The van der Waals surface area contributed by atoms with E-state index in [4.69, 9.17) is 14.2 Å². The summed E-state index contributed by atoms with van der Waals surface area (Å²) in [5, 5.41) is 0. The third-order valence-electron chi connectivity index (χ3n) is 10.8. The number of carbonyl (C=O) groups is 3. The molecular weight excluding hydrogens is 853 g/mol. The second kappa shape index (κ2) is 55.9. The molecule has 0 amide bonds. The van der Waals surface area contributed by atoms with Gasteiger partial charge < -0.3 is 14.2 Å². The molecule has 0 N–H and O–H groups in total. The molecule has 0 radical (unpaired) electrons. The van der Waals surface area contributed by atoms with Gasteiger partial charge in [0.15, 0.2) is 6.10 Å². The highest BCUT2D eigenvalue weighted by molar-refractivity contribution is 5.72. The smallest absolute Gasteiger partial charge is 0.310 e. The third kappa shape index (κ3) is 54.1. The van der Waals surface area contributed by atoms with Gasteiger partial charge in [-0.05, 0) is 122 Å². The van der Waals surface area contributed by atoms with Crippen molar-refractivity contribution in [1.29, 1.82) is 0 Å². The van der Waals surface area contributed by atoms with Crippen LogP contribution < -0.4 is 0 Å². The van der Waals surface area contributed by atoms with Crippen molar-refractivity contribution in [2.24, 2.45) is 0 Å². The van der Waals surface area contributed by atoms with E-state index in [1.807, 2.05) is 6.08 Å². The highest BCUT2D eigenvalue weighted by atomic mass is 16.6. The summed E-state index contributed by atoms with van der Waals surface area (Å²) in [6.07, 6.45) is 80.0. The van der Waals surface area contributed by atoms with Gasteiger partial charge in [0.1, 0.15) is 13.2 Å². The zero-order chi connectivity index (χ0) is 50.0. The highest BCUT2D eigenvalue weighted by Crippen LogP contribution is 2.12. The summed E-state index contributed by atoms with van der Waals surface area (Å²) in [5.74, 6) is -1.13. The molecule has 0 aromatic carbocycles. The monoisotopic (exact) mass is 951 g/mol. The second-order valence-electron chi connectivity index (χ2n) is 17.4. The van der Waals surface area contributed by atoms with Crippen molar-refractivity contribution in [1.82, 2.24) is 0 Å². The van der Waals surface area contributed by atoms with Gasteiger partial charge in [-0.2, -0.15) is 0 Å². The van der Waals surface area contributed by atoms with Crippen molar-refractivity contribution in [3.8, 4) is 0 Å². The summed E-state index contributed by atoms with van der Waals surface area (Å²) < 4.78 is 16.7. The number of carbonyl (C=O) groups excluding carboxylic acids is 3. The molecule has 0 rings (SSSR count). The molecule has 0 fully saturated rings. The lowest BCUT2D eigenvalue weighted by Gasteiger charge is -2.18. The van der Waals surface area contributed by atoms with Crippen LogP contribution in [0.15, 0.2) is 146 Å². The second-order valence-corrected chi connectivity index (χ2v) is 17.4. The van der Waals surface area contributed by atoms with E-state index < -0.39 is 12.1 Å². The molecule has 0 heterocycles. The molecule has 0 aliphatic carbocycles. The maximum absolute atomic E-state index is 12.8. The molecule has 0 saturated carbocycles. The fourth-order valence-electron chi connectivity index (χ4n) is 6.81. The summed E-state index contributed by atoms with van der Waals surface area (Å²) >= 11 is 0.